The monoisotopic (exact) mass is 220 g/mol. The lowest BCUT2D eigenvalue weighted by molar-refractivity contribution is 0.560. The maximum Gasteiger partial charge on any atom is 0.0392 e. The largest absolute Gasteiger partial charge is 0.382 e. The molecule has 2 nitrogen and oxygen atoms in total. The fraction of sp³-hybridized carbons (Fsp3) is 0.571. The highest BCUT2D eigenvalue weighted by atomic mass is 15.1. The van der Waals surface area contributed by atoms with Gasteiger partial charge in [0.25, 0.3) is 0 Å². The van der Waals surface area contributed by atoms with Crippen molar-refractivity contribution in [2.75, 3.05) is 24.3 Å². The van der Waals surface area contributed by atoms with Gasteiger partial charge in [-0.05, 0) is 43.5 Å². The standard InChI is InChI=1S/C14H24N2/c1-10(2)12(4)15-13-7-8-14(16(5)6)11(3)9-13/h7-10,12,15H,1-6H3. The maximum atomic E-state index is 3.53. The fourth-order valence-electron chi connectivity index (χ4n) is 1.68. The highest BCUT2D eigenvalue weighted by molar-refractivity contribution is 5.60. The van der Waals surface area contributed by atoms with Gasteiger partial charge in [0.2, 0.25) is 0 Å². The summed E-state index contributed by atoms with van der Waals surface area (Å²) in [5.74, 6) is 0.647. The van der Waals surface area contributed by atoms with Crippen molar-refractivity contribution in [2.24, 2.45) is 5.92 Å². The summed E-state index contributed by atoms with van der Waals surface area (Å²) in [6.07, 6.45) is 0. The summed E-state index contributed by atoms with van der Waals surface area (Å²) in [6.45, 7) is 8.85. The average molecular weight is 220 g/mol. The van der Waals surface area contributed by atoms with Crippen LogP contribution in [0.25, 0.3) is 0 Å². The van der Waals surface area contributed by atoms with Crippen LogP contribution in [-0.2, 0) is 0 Å². The van der Waals surface area contributed by atoms with E-state index in [1.165, 1.54) is 16.9 Å². The Morgan fingerprint density at radius 2 is 1.75 bits per heavy atom. The second-order valence-corrected chi connectivity index (χ2v) is 5.07. The van der Waals surface area contributed by atoms with Gasteiger partial charge in [0.1, 0.15) is 0 Å². The summed E-state index contributed by atoms with van der Waals surface area (Å²) in [6, 6.07) is 7.05. The van der Waals surface area contributed by atoms with Crippen molar-refractivity contribution < 1.29 is 0 Å². The summed E-state index contributed by atoms with van der Waals surface area (Å²) >= 11 is 0. The Hall–Kier alpha value is -1.18. The third-order valence-electron chi connectivity index (χ3n) is 3.07. The summed E-state index contributed by atoms with van der Waals surface area (Å²) in [7, 11) is 4.15. The van der Waals surface area contributed by atoms with Gasteiger partial charge in [0.05, 0.1) is 0 Å². The third-order valence-corrected chi connectivity index (χ3v) is 3.07. The second-order valence-electron chi connectivity index (χ2n) is 5.07. The van der Waals surface area contributed by atoms with Crippen LogP contribution in [0.15, 0.2) is 18.2 Å². The summed E-state index contributed by atoms with van der Waals surface area (Å²) in [5.41, 5.74) is 3.80. The van der Waals surface area contributed by atoms with E-state index >= 15 is 0 Å². The van der Waals surface area contributed by atoms with Gasteiger partial charge in [-0.2, -0.15) is 0 Å². The van der Waals surface area contributed by atoms with E-state index in [0.717, 1.165) is 0 Å². The molecule has 1 aromatic rings. The van der Waals surface area contributed by atoms with Gasteiger partial charge >= 0.3 is 0 Å². The number of benzene rings is 1. The first-order valence-electron chi connectivity index (χ1n) is 5.96. The van der Waals surface area contributed by atoms with E-state index in [9.17, 15) is 0 Å². The van der Waals surface area contributed by atoms with Crippen molar-refractivity contribution in [3.8, 4) is 0 Å². The lowest BCUT2D eigenvalue weighted by atomic mass is 10.1. The molecule has 0 aromatic heterocycles. The smallest absolute Gasteiger partial charge is 0.0392 e. The van der Waals surface area contributed by atoms with Crippen molar-refractivity contribution in [2.45, 2.75) is 33.7 Å². The van der Waals surface area contributed by atoms with E-state index in [1.54, 1.807) is 0 Å². The molecule has 0 aliphatic carbocycles. The van der Waals surface area contributed by atoms with Crippen molar-refractivity contribution in [1.82, 2.24) is 0 Å². The Morgan fingerprint density at radius 1 is 1.12 bits per heavy atom. The molecule has 1 N–H and O–H groups in total. The molecule has 90 valence electrons. The molecule has 0 radical (unpaired) electrons. The van der Waals surface area contributed by atoms with E-state index in [1.807, 2.05) is 0 Å². The van der Waals surface area contributed by atoms with Crippen molar-refractivity contribution in [3.63, 3.8) is 0 Å². The summed E-state index contributed by atoms with van der Waals surface area (Å²) in [5, 5.41) is 3.53. The van der Waals surface area contributed by atoms with E-state index < -0.39 is 0 Å². The molecule has 0 spiro atoms. The SMILES string of the molecule is Cc1cc(NC(C)C(C)C)ccc1N(C)C. The van der Waals surface area contributed by atoms with Crippen molar-refractivity contribution in [1.29, 1.82) is 0 Å². The topological polar surface area (TPSA) is 15.3 Å². The third kappa shape index (κ3) is 3.16. The molecule has 0 bridgehead atoms. The molecule has 0 amide bonds. The Kier molecular flexibility index (Phi) is 4.22. The lowest BCUT2D eigenvalue weighted by Crippen LogP contribution is -2.21. The van der Waals surface area contributed by atoms with Crippen molar-refractivity contribution in [3.05, 3.63) is 23.8 Å². The van der Waals surface area contributed by atoms with E-state index in [-0.39, 0.29) is 0 Å². The molecule has 1 atom stereocenters. The molecular weight excluding hydrogens is 196 g/mol. The molecule has 16 heavy (non-hydrogen) atoms. The zero-order valence-corrected chi connectivity index (χ0v) is 11.3. The van der Waals surface area contributed by atoms with Crippen LogP contribution in [0.2, 0.25) is 0 Å². The first-order valence-corrected chi connectivity index (χ1v) is 5.96. The number of hydrogen-bond acceptors (Lipinski definition) is 2. The molecule has 0 fully saturated rings. The quantitative estimate of drug-likeness (QED) is 0.835. The average Bonchev–Trinajstić information content (AvgIpc) is 2.16. The van der Waals surface area contributed by atoms with E-state index in [2.05, 4.69) is 70.2 Å². The Balaban J connectivity index is 2.81. The number of rotatable bonds is 4. The van der Waals surface area contributed by atoms with Gasteiger partial charge in [-0.1, -0.05) is 13.8 Å². The number of nitrogens with zero attached hydrogens (tertiary/aromatic N) is 1. The molecule has 2 heteroatoms. The fourth-order valence-corrected chi connectivity index (χ4v) is 1.68. The molecule has 0 heterocycles. The summed E-state index contributed by atoms with van der Waals surface area (Å²) < 4.78 is 0. The number of anilines is 2. The summed E-state index contributed by atoms with van der Waals surface area (Å²) in [4.78, 5) is 2.14. The van der Waals surface area contributed by atoms with Crippen LogP contribution < -0.4 is 10.2 Å². The number of nitrogens with one attached hydrogen (secondary N) is 1. The van der Waals surface area contributed by atoms with Crippen LogP contribution in [0.4, 0.5) is 11.4 Å². The molecular formula is C14H24N2. The Morgan fingerprint density at radius 3 is 2.19 bits per heavy atom. The van der Waals surface area contributed by atoms with Gasteiger partial charge < -0.3 is 10.2 Å². The van der Waals surface area contributed by atoms with Crippen LogP contribution in [0, 0.1) is 12.8 Å². The van der Waals surface area contributed by atoms with E-state index in [0.29, 0.717) is 12.0 Å². The molecule has 1 rings (SSSR count). The van der Waals surface area contributed by atoms with Gasteiger partial charge in [-0.3, -0.25) is 0 Å². The maximum absolute atomic E-state index is 3.53. The Labute approximate surface area is 99.7 Å². The van der Waals surface area contributed by atoms with Crippen molar-refractivity contribution >= 4 is 11.4 Å². The molecule has 0 aliphatic rings. The second kappa shape index (κ2) is 5.24. The molecule has 1 unspecified atom stereocenters. The van der Waals surface area contributed by atoms with Crippen LogP contribution in [-0.4, -0.2) is 20.1 Å². The number of hydrogen-bond donors (Lipinski definition) is 1. The zero-order chi connectivity index (χ0) is 12.3. The molecule has 0 saturated carbocycles. The first-order chi connectivity index (χ1) is 7.41. The van der Waals surface area contributed by atoms with E-state index in [4.69, 9.17) is 0 Å². The predicted molar refractivity (Wildman–Crippen MR) is 73.4 cm³/mol. The lowest BCUT2D eigenvalue weighted by Gasteiger charge is -2.21. The van der Waals surface area contributed by atoms with Crippen LogP contribution in [0.3, 0.4) is 0 Å². The minimum absolute atomic E-state index is 0.504. The highest BCUT2D eigenvalue weighted by Crippen LogP contribution is 2.22. The minimum Gasteiger partial charge on any atom is -0.382 e. The Bertz CT molecular complexity index is 343. The predicted octanol–water partition coefficient (Wildman–Crippen LogP) is 3.52. The highest BCUT2D eigenvalue weighted by Gasteiger charge is 2.07. The molecule has 0 aliphatic heterocycles. The first kappa shape index (κ1) is 12.9. The normalized spacial score (nSPS) is 12.7. The van der Waals surface area contributed by atoms with Gasteiger partial charge in [0.15, 0.2) is 0 Å². The molecule has 1 aromatic carbocycles. The van der Waals surface area contributed by atoms with Gasteiger partial charge in [-0.15, -0.1) is 0 Å². The van der Waals surface area contributed by atoms with Crippen LogP contribution >= 0.6 is 0 Å². The molecule has 0 saturated heterocycles. The zero-order valence-electron chi connectivity index (χ0n) is 11.3. The van der Waals surface area contributed by atoms with Crippen LogP contribution in [0.5, 0.6) is 0 Å². The van der Waals surface area contributed by atoms with Gasteiger partial charge in [0, 0.05) is 31.5 Å². The van der Waals surface area contributed by atoms with Crippen LogP contribution in [0.1, 0.15) is 26.3 Å². The minimum atomic E-state index is 0.504. The number of aryl methyl sites for hydroxylation is 1. The van der Waals surface area contributed by atoms with Gasteiger partial charge in [-0.25, -0.2) is 0 Å².